The summed E-state index contributed by atoms with van der Waals surface area (Å²) in [5, 5.41) is 5.83. The number of carbonyl (C=O) groups excluding carboxylic acids is 2. The van der Waals surface area contributed by atoms with Gasteiger partial charge in [0.15, 0.2) is 0 Å². The highest BCUT2D eigenvalue weighted by Gasteiger charge is 2.12. The van der Waals surface area contributed by atoms with Crippen LogP contribution in [0.1, 0.15) is 29.8 Å². The minimum absolute atomic E-state index is 0.0406. The lowest BCUT2D eigenvalue weighted by molar-refractivity contribution is -0.120. The highest BCUT2D eigenvalue weighted by atomic mass is 35.5. The van der Waals surface area contributed by atoms with Gasteiger partial charge < -0.3 is 15.4 Å². The summed E-state index contributed by atoms with van der Waals surface area (Å²) in [6, 6.07) is 14.8. The largest absolute Gasteiger partial charge is 0.371 e. The third-order valence-electron chi connectivity index (χ3n) is 3.78. The van der Waals surface area contributed by atoms with Crippen LogP contribution in [0.4, 0.5) is 5.69 Å². The fourth-order valence-corrected chi connectivity index (χ4v) is 2.63. The maximum atomic E-state index is 12.1. The van der Waals surface area contributed by atoms with Crippen molar-refractivity contribution in [1.82, 2.24) is 5.32 Å². The molecular weight excluding hydrogens is 364 g/mol. The van der Waals surface area contributed by atoms with Gasteiger partial charge in [0.2, 0.25) is 5.91 Å². The molecule has 0 aromatic heterocycles. The first-order chi connectivity index (χ1) is 13.0. The predicted octanol–water partition coefficient (Wildman–Crippen LogP) is 3.92. The summed E-state index contributed by atoms with van der Waals surface area (Å²) in [6.45, 7) is 5.03. The van der Waals surface area contributed by atoms with Crippen LogP contribution < -0.4 is 10.6 Å². The van der Waals surface area contributed by atoms with Crippen molar-refractivity contribution in [2.75, 3.05) is 25.1 Å². The molecule has 27 heavy (non-hydrogen) atoms. The number of benzene rings is 2. The number of carbonyl (C=O) groups is 2. The summed E-state index contributed by atoms with van der Waals surface area (Å²) in [5.41, 5.74) is 2.07. The van der Waals surface area contributed by atoms with Crippen LogP contribution in [0.15, 0.2) is 48.5 Å². The van der Waals surface area contributed by atoms with Gasteiger partial charge in [-0.3, -0.25) is 9.59 Å². The Kier molecular flexibility index (Phi) is 8.30. The van der Waals surface area contributed by atoms with Gasteiger partial charge in [-0.2, -0.15) is 0 Å². The van der Waals surface area contributed by atoms with Gasteiger partial charge in [0.05, 0.1) is 17.2 Å². The Bertz CT molecular complexity index is 763. The van der Waals surface area contributed by atoms with Gasteiger partial charge in [-0.1, -0.05) is 55.8 Å². The predicted molar refractivity (Wildman–Crippen MR) is 108 cm³/mol. The minimum Gasteiger partial charge on any atom is -0.371 e. The molecule has 0 saturated carbocycles. The molecule has 5 nitrogen and oxygen atoms in total. The van der Waals surface area contributed by atoms with Crippen LogP contribution in [0.3, 0.4) is 0 Å². The van der Waals surface area contributed by atoms with Gasteiger partial charge in [-0.15, -0.1) is 0 Å². The van der Waals surface area contributed by atoms with Crippen molar-refractivity contribution in [2.45, 2.75) is 20.3 Å². The molecule has 2 N–H and O–H groups in total. The van der Waals surface area contributed by atoms with Crippen molar-refractivity contribution in [3.63, 3.8) is 0 Å². The van der Waals surface area contributed by atoms with Gasteiger partial charge in [-0.05, 0) is 36.1 Å². The van der Waals surface area contributed by atoms with Gasteiger partial charge in [0.1, 0.15) is 6.61 Å². The fraction of sp³-hybridized carbons (Fsp3) is 0.333. The number of anilines is 1. The molecule has 0 aliphatic rings. The number of nitrogens with one attached hydrogen (secondary N) is 2. The number of rotatable bonds is 9. The number of hydrogen-bond donors (Lipinski definition) is 2. The van der Waals surface area contributed by atoms with E-state index in [9.17, 15) is 9.59 Å². The van der Waals surface area contributed by atoms with Gasteiger partial charge >= 0.3 is 0 Å². The van der Waals surface area contributed by atoms with Gasteiger partial charge in [0.25, 0.3) is 5.91 Å². The minimum atomic E-state index is -0.267. The van der Waals surface area contributed by atoms with Crippen LogP contribution >= 0.6 is 11.6 Å². The van der Waals surface area contributed by atoms with Crippen LogP contribution in [-0.2, 0) is 16.0 Å². The highest BCUT2D eigenvalue weighted by Crippen LogP contribution is 2.21. The Morgan fingerprint density at radius 1 is 1.11 bits per heavy atom. The average Bonchev–Trinajstić information content (AvgIpc) is 2.64. The second kappa shape index (κ2) is 10.7. The summed E-state index contributed by atoms with van der Waals surface area (Å²) in [5.74, 6) is -0.139. The van der Waals surface area contributed by atoms with Gasteiger partial charge in [-0.25, -0.2) is 0 Å². The van der Waals surface area contributed by atoms with Crippen LogP contribution in [0.2, 0.25) is 5.02 Å². The Labute approximate surface area is 165 Å². The highest BCUT2D eigenvalue weighted by molar-refractivity contribution is 6.34. The Balaban J connectivity index is 1.78. The lowest BCUT2D eigenvalue weighted by Crippen LogP contribution is -2.27. The normalized spacial score (nSPS) is 10.7. The fourth-order valence-electron chi connectivity index (χ4n) is 2.37. The lowest BCUT2D eigenvalue weighted by atomic mass is 10.1. The Morgan fingerprint density at radius 3 is 2.52 bits per heavy atom. The van der Waals surface area contributed by atoms with Crippen molar-refractivity contribution in [1.29, 1.82) is 0 Å². The SMILES string of the molecule is CC(C)CNC(=O)c1ccc(NC(=O)COCCc2ccccc2)cc1Cl. The molecule has 0 heterocycles. The van der Waals surface area contributed by atoms with Crippen molar-refractivity contribution in [3.05, 3.63) is 64.7 Å². The molecule has 0 aliphatic carbocycles. The molecule has 0 saturated heterocycles. The van der Waals surface area contributed by atoms with Crippen LogP contribution in [-0.4, -0.2) is 31.6 Å². The van der Waals surface area contributed by atoms with Crippen molar-refractivity contribution < 1.29 is 14.3 Å². The van der Waals surface area contributed by atoms with E-state index in [4.69, 9.17) is 16.3 Å². The van der Waals surface area contributed by atoms with E-state index in [0.717, 1.165) is 12.0 Å². The number of ether oxygens (including phenoxy) is 1. The molecule has 2 rings (SSSR count). The first-order valence-corrected chi connectivity index (χ1v) is 9.32. The third-order valence-corrected chi connectivity index (χ3v) is 4.09. The summed E-state index contributed by atoms with van der Waals surface area (Å²) in [6.07, 6.45) is 0.750. The second-order valence-corrected chi connectivity index (χ2v) is 7.04. The van der Waals surface area contributed by atoms with E-state index >= 15 is 0 Å². The molecule has 2 amide bonds. The van der Waals surface area contributed by atoms with E-state index in [2.05, 4.69) is 10.6 Å². The molecule has 0 radical (unpaired) electrons. The van der Waals surface area contributed by atoms with Crippen LogP contribution in [0, 0.1) is 5.92 Å². The molecule has 0 atom stereocenters. The third kappa shape index (κ3) is 7.41. The first kappa shape index (κ1) is 20.9. The molecular formula is C21H25ClN2O3. The average molecular weight is 389 g/mol. The summed E-state index contributed by atoms with van der Waals surface area (Å²) in [4.78, 5) is 24.1. The van der Waals surface area contributed by atoms with E-state index in [-0.39, 0.29) is 18.4 Å². The summed E-state index contributed by atoms with van der Waals surface area (Å²) < 4.78 is 5.41. The summed E-state index contributed by atoms with van der Waals surface area (Å²) >= 11 is 6.17. The molecule has 0 aliphatic heterocycles. The van der Waals surface area contributed by atoms with Crippen molar-refractivity contribution in [3.8, 4) is 0 Å². The van der Waals surface area contributed by atoms with E-state index < -0.39 is 0 Å². The second-order valence-electron chi connectivity index (χ2n) is 6.63. The lowest BCUT2D eigenvalue weighted by Gasteiger charge is -2.11. The quantitative estimate of drug-likeness (QED) is 0.640. The maximum absolute atomic E-state index is 12.1. The topological polar surface area (TPSA) is 67.4 Å². The van der Waals surface area contributed by atoms with Crippen LogP contribution in [0.25, 0.3) is 0 Å². The van der Waals surface area contributed by atoms with E-state index in [1.54, 1.807) is 18.2 Å². The molecule has 0 fully saturated rings. The summed E-state index contributed by atoms with van der Waals surface area (Å²) in [7, 11) is 0. The smallest absolute Gasteiger partial charge is 0.252 e. The van der Waals surface area contributed by atoms with Crippen molar-refractivity contribution >= 4 is 29.1 Å². The monoisotopic (exact) mass is 388 g/mol. The molecule has 2 aromatic carbocycles. The van der Waals surface area contributed by atoms with E-state index in [0.29, 0.717) is 35.3 Å². The standard InChI is InChI=1S/C21H25ClN2O3/c1-15(2)13-23-21(26)18-9-8-17(12-19(18)22)24-20(25)14-27-11-10-16-6-4-3-5-7-16/h3-9,12,15H,10-11,13-14H2,1-2H3,(H,23,26)(H,24,25). The zero-order valence-corrected chi connectivity index (χ0v) is 16.4. The molecule has 0 unspecified atom stereocenters. The molecule has 0 bridgehead atoms. The zero-order valence-electron chi connectivity index (χ0n) is 15.6. The molecule has 0 spiro atoms. The Morgan fingerprint density at radius 2 is 1.85 bits per heavy atom. The molecule has 6 heteroatoms. The van der Waals surface area contributed by atoms with E-state index in [1.807, 2.05) is 44.2 Å². The molecule has 144 valence electrons. The van der Waals surface area contributed by atoms with Gasteiger partial charge in [0, 0.05) is 12.2 Å². The number of halogens is 1. The molecule has 2 aromatic rings. The maximum Gasteiger partial charge on any atom is 0.252 e. The number of amides is 2. The van der Waals surface area contributed by atoms with E-state index in [1.165, 1.54) is 0 Å². The van der Waals surface area contributed by atoms with Crippen LogP contribution in [0.5, 0.6) is 0 Å². The Hall–Kier alpha value is -2.37. The zero-order chi connectivity index (χ0) is 19.6. The first-order valence-electron chi connectivity index (χ1n) is 8.95. The number of hydrogen-bond acceptors (Lipinski definition) is 3. The van der Waals surface area contributed by atoms with Crippen molar-refractivity contribution in [2.24, 2.45) is 5.92 Å².